The number of aliphatic hydroxyl groups excluding tert-OH is 1. The Morgan fingerprint density at radius 2 is 1.85 bits per heavy atom. The summed E-state index contributed by atoms with van der Waals surface area (Å²) in [6, 6.07) is 4.96. The molecule has 0 aromatic heterocycles. The molecule has 3 amide bonds. The van der Waals surface area contributed by atoms with Crippen LogP contribution in [0.3, 0.4) is 0 Å². The van der Waals surface area contributed by atoms with Crippen LogP contribution in [0.1, 0.15) is 33.6 Å². The van der Waals surface area contributed by atoms with Crippen LogP contribution in [0.5, 0.6) is 0 Å². The molecular formula is C30H36ClN3O7. The zero-order valence-corrected chi connectivity index (χ0v) is 24.1. The summed E-state index contributed by atoms with van der Waals surface area (Å²) in [5, 5.41) is 13.7. The first-order valence-corrected chi connectivity index (χ1v) is 14.5. The van der Waals surface area contributed by atoms with Gasteiger partial charge in [0.1, 0.15) is 23.7 Å². The van der Waals surface area contributed by atoms with E-state index in [1.165, 1.54) is 4.90 Å². The highest BCUT2D eigenvalue weighted by atomic mass is 35.5. The SMILES string of the molecule is CC(C)[C@H](CO)N1C(=O)[C@@H]2[C@H]3C(=O)O[C@@H](C)CNC(=O)CC/C=C\CN(c4ccc(Cl)cc4)C(=O)[C@@H]1[C@]21C=C[C@H]3O1. The van der Waals surface area contributed by atoms with Gasteiger partial charge in [0.25, 0.3) is 5.91 Å². The number of nitrogens with one attached hydrogen (secondary N) is 1. The highest BCUT2D eigenvalue weighted by Gasteiger charge is 2.74. The third kappa shape index (κ3) is 5.17. The van der Waals surface area contributed by atoms with Crippen LogP contribution in [0, 0.1) is 17.8 Å². The molecule has 11 heteroatoms. The fraction of sp³-hybridized carbons (Fsp3) is 0.533. The van der Waals surface area contributed by atoms with Crippen molar-refractivity contribution < 1.29 is 33.8 Å². The highest BCUT2D eigenvalue weighted by molar-refractivity contribution is 6.30. The van der Waals surface area contributed by atoms with Crippen molar-refractivity contribution >= 4 is 41.0 Å². The Labute approximate surface area is 244 Å². The number of fused-ring (bicyclic) bond motifs is 2. The van der Waals surface area contributed by atoms with Gasteiger partial charge in [-0.05, 0) is 43.5 Å². The number of rotatable bonds is 4. The molecule has 10 nitrogen and oxygen atoms in total. The molecule has 1 spiro atoms. The van der Waals surface area contributed by atoms with Gasteiger partial charge in [-0.3, -0.25) is 19.2 Å². The van der Waals surface area contributed by atoms with E-state index in [0.29, 0.717) is 17.1 Å². The Bertz CT molecular complexity index is 1270. The van der Waals surface area contributed by atoms with Gasteiger partial charge in [-0.25, -0.2) is 0 Å². The number of allylic oxidation sites excluding steroid dienone is 1. The number of amides is 3. The largest absolute Gasteiger partial charge is 0.460 e. The lowest BCUT2D eigenvalue weighted by atomic mass is 9.74. The molecule has 2 N–H and O–H groups in total. The van der Waals surface area contributed by atoms with E-state index in [9.17, 15) is 24.3 Å². The number of carbonyl (C=O) groups excluding carboxylic acids is 4. The molecule has 7 atom stereocenters. The predicted molar refractivity (Wildman–Crippen MR) is 151 cm³/mol. The van der Waals surface area contributed by atoms with Gasteiger partial charge < -0.3 is 29.7 Å². The van der Waals surface area contributed by atoms with E-state index in [1.54, 1.807) is 54.3 Å². The van der Waals surface area contributed by atoms with Gasteiger partial charge in [-0.15, -0.1) is 0 Å². The minimum absolute atomic E-state index is 0.129. The monoisotopic (exact) mass is 585 g/mol. The van der Waals surface area contributed by atoms with Crippen molar-refractivity contribution in [2.75, 3.05) is 24.6 Å². The highest BCUT2D eigenvalue weighted by Crippen LogP contribution is 2.56. The lowest BCUT2D eigenvalue weighted by Crippen LogP contribution is -2.59. The first-order valence-electron chi connectivity index (χ1n) is 14.1. The van der Waals surface area contributed by atoms with Gasteiger partial charge in [0, 0.05) is 23.7 Å². The molecule has 0 radical (unpaired) electrons. The van der Waals surface area contributed by atoms with Crippen molar-refractivity contribution in [3.63, 3.8) is 0 Å². The Kier molecular flexibility index (Phi) is 8.27. The molecule has 4 aliphatic heterocycles. The molecule has 2 fully saturated rings. The van der Waals surface area contributed by atoms with Crippen LogP contribution in [0.25, 0.3) is 0 Å². The number of anilines is 1. The lowest BCUT2D eigenvalue weighted by Gasteiger charge is -2.40. The smallest absolute Gasteiger partial charge is 0.313 e. The van der Waals surface area contributed by atoms with Crippen LogP contribution < -0.4 is 10.2 Å². The molecule has 220 valence electrons. The maximum absolute atomic E-state index is 14.7. The summed E-state index contributed by atoms with van der Waals surface area (Å²) in [6.45, 7) is 5.33. The van der Waals surface area contributed by atoms with Crippen molar-refractivity contribution in [2.24, 2.45) is 17.8 Å². The summed E-state index contributed by atoms with van der Waals surface area (Å²) < 4.78 is 12.1. The Balaban J connectivity index is 1.63. The number of cyclic esters (lactones) is 1. The standard InChI is InChI=1S/C30H36ClN3O7/c1-17(2)21(16-35)34-26-28(38)33(20-10-8-19(31)9-11-20)14-6-4-5-7-23(36)32-15-18(3)40-29(39)24-22-12-13-30(26,41-22)25(24)27(34)37/h4,6,8-13,17-18,21-22,24-26,35H,5,7,14-16H2,1-3H3,(H,32,36)/b6-4-/t18-,21-,22+,24-,25-,26+,30-/m0/s1. The van der Waals surface area contributed by atoms with Crippen molar-refractivity contribution in [3.05, 3.63) is 53.6 Å². The Hall–Kier alpha value is -3.21. The number of benzene rings is 1. The molecule has 1 aromatic rings. The Morgan fingerprint density at radius 1 is 1.12 bits per heavy atom. The van der Waals surface area contributed by atoms with Crippen molar-refractivity contribution in [3.8, 4) is 0 Å². The number of ether oxygens (including phenoxy) is 2. The quantitative estimate of drug-likeness (QED) is 0.410. The number of carbonyl (C=O) groups is 4. The third-order valence-corrected chi connectivity index (χ3v) is 8.68. The number of hydrogen-bond acceptors (Lipinski definition) is 7. The molecule has 0 unspecified atom stereocenters. The van der Waals surface area contributed by atoms with Gasteiger partial charge in [-0.1, -0.05) is 49.8 Å². The number of halogens is 1. The van der Waals surface area contributed by atoms with E-state index in [2.05, 4.69) is 5.32 Å². The van der Waals surface area contributed by atoms with Crippen LogP contribution >= 0.6 is 11.6 Å². The summed E-state index contributed by atoms with van der Waals surface area (Å²) in [5.74, 6) is -3.83. The van der Waals surface area contributed by atoms with Crippen LogP contribution in [-0.2, 0) is 28.7 Å². The molecule has 4 heterocycles. The number of aliphatic hydroxyl groups is 1. The minimum Gasteiger partial charge on any atom is -0.460 e. The molecule has 0 aliphatic carbocycles. The average molecular weight is 586 g/mol. The maximum atomic E-state index is 14.7. The van der Waals surface area contributed by atoms with E-state index < -0.39 is 59.5 Å². The van der Waals surface area contributed by atoms with Crippen LogP contribution in [0.15, 0.2) is 48.6 Å². The zero-order valence-electron chi connectivity index (χ0n) is 23.4. The number of hydrogen-bond donors (Lipinski definition) is 2. The van der Waals surface area contributed by atoms with E-state index >= 15 is 0 Å². The first-order chi connectivity index (χ1) is 19.6. The van der Waals surface area contributed by atoms with Crippen LogP contribution in [0.4, 0.5) is 5.69 Å². The fourth-order valence-electron chi connectivity index (χ4n) is 6.40. The van der Waals surface area contributed by atoms with Gasteiger partial charge in [0.05, 0.1) is 31.2 Å². The van der Waals surface area contributed by atoms with E-state index in [0.717, 1.165) is 0 Å². The zero-order chi connectivity index (χ0) is 29.5. The molecule has 4 aliphatic rings. The number of esters is 1. The summed E-state index contributed by atoms with van der Waals surface area (Å²) >= 11 is 6.14. The Morgan fingerprint density at radius 3 is 2.54 bits per heavy atom. The molecular weight excluding hydrogens is 550 g/mol. The number of nitrogens with zero attached hydrogens (tertiary/aromatic N) is 2. The minimum atomic E-state index is -1.41. The molecule has 5 rings (SSSR count). The van der Waals surface area contributed by atoms with E-state index in [4.69, 9.17) is 21.1 Å². The van der Waals surface area contributed by atoms with Crippen LogP contribution in [0.2, 0.25) is 5.02 Å². The van der Waals surface area contributed by atoms with Gasteiger partial charge >= 0.3 is 5.97 Å². The summed E-state index contributed by atoms with van der Waals surface area (Å²) in [4.78, 5) is 57.8. The summed E-state index contributed by atoms with van der Waals surface area (Å²) in [7, 11) is 0. The molecule has 41 heavy (non-hydrogen) atoms. The second kappa shape index (κ2) is 11.6. The third-order valence-electron chi connectivity index (χ3n) is 8.43. The molecule has 5 bridgehead atoms. The summed E-state index contributed by atoms with van der Waals surface area (Å²) in [5.41, 5.74) is -0.858. The van der Waals surface area contributed by atoms with Gasteiger partial charge in [-0.2, -0.15) is 0 Å². The van der Waals surface area contributed by atoms with Crippen LogP contribution in [-0.4, -0.2) is 83.3 Å². The van der Waals surface area contributed by atoms with Crippen molar-refractivity contribution in [2.45, 2.75) is 63.5 Å². The summed E-state index contributed by atoms with van der Waals surface area (Å²) in [6.07, 6.45) is 6.38. The number of likely N-dealkylation sites (tertiary alicyclic amines) is 1. The first kappa shape index (κ1) is 29.3. The fourth-order valence-corrected chi connectivity index (χ4v) is 6.53. The topological polar surface area (TPSA) is 125 Å². The second-order valence-electron chi connectivity index (χ2n) is 11.4. The lowest BCUT2D eigenvalue weighted by molar-refractivity contribution is -0.159. The molecule has 2 saturated heterocycles. The van der Waals surface area contributed by atoms with E-state index in [1.807, 2.05) is 19.9 Å². The van der Waals surface area contributed by atoms with Gasteiger partial charge in [0.2, 0.25) is 11.8 Å². The second-order valence-corrected chi connectivity index (χ2v) is 11.9. The molecule has 1 aromatic carbocycles. The maximum Gasteiger partial charge on any atom is 0.313 e. The van der Waals surface area contributed by atoms with E-state index in [-0.39, 0.29) is 37.9 Å². The molecule has 0 saturated carbocycles. The normalized spacial score (nSPS) is 33.7. The predicted octanol–water partition coefficient (Wildman–Crippen LogP) is 2.24. The average Bonchev–Trinajstić information content (AvgIpc) is 3.57. The van der Waals surface area contributed by atoms with Crippen molar-refractivity contribution in [1.29, 1.82) is 0 Å². The van der Waals surface area contributed by atoms with Crippen molar-refractivity contribution in [1.82, 2.24) is 10.2 Å². The van der Waals surface area contributed by atoms with Gasteiger partial charge in [0.15, 0.2) is 0 Å².